The van der Waals surface area contributed by atoms with Gasteiger partial charge in [-0.1, -0.05) is 11.6 Å². The Balaban J connectivity index is 2.23. The quantitative estimate of drug-likeness (QED) is 0.840. The molecule has 0 saturated heterocycles. The van der Waals surface area contributed by atoms with E-state index in [9.17, 15) is 12.8 Å². The van der Waals surface area contributed by atoms with E-state index in [0.717, 1.165) is 25.0 Å². The van der Waals surface area contributed by atoms with Crippen molar-refractivity contribution in [2.24, 2.45) is 5.73 Å². The first-order chi connectivity index (χ1) is 9.29. The summed E-state index contributed by atoms with van der Waals surface area (Å²) in [6, 6.07) is 2.04. The van der Waals surface area contributed by atoms with Gasteiger partial charge in [0.15, 0.2) is 0 Å². The van der Waals surface area contributed by atoms with E-state index in [1.165, 1.54) is 0 Å². The second-order valence-electron chi connectivity index (χ2n) is 4.93. The maximum Gasteiger partial charge on any atom is 0.243 e. The smallest absolute Gasteiger partial charge is 0.243 e. The summed E-state index contributed by atoms with van der Waals surface area (Å²) >= 11 is 8.90. The third kappa shape index (κ3) is 3.71. The molecule has 0 atom stereocenters. The summed E-state index contributed by atoms with van der Waals surface area (Å²) in [4.78, 5) is -0.129. The van der Waals surface area contributed by atoms with Gasteiger partial charge in [0.25, 0.3) is 0 Å². The Morgan fingerprint density at radius 2 is 1.90 bits per heavy atom. The van der Waals surface area contributed by atoms with E-state index < -0.39 is 15.8 Å². The Kier molecular flexibility index (Phi) is 5.07. The van der Waals surface area contributed by atoms with E-state index in [-0.39, 0.29) is 26.5 Å². The summed E-state index contributed by atoms with van der Waals surface area (Å²) in [6.07, 6.45) is 2.95. The lowest BCUT2D eigenvalue weighted by molar-refractivity contribution is 0.373. The summed E-state index contributed by atoms with van der Waals surface area (Å²) in [6.45, 7) is 0. The normalized spacial score (nSPS) is 23.8. The van der Waals surface area contributed by atoms with Crippen molar-refractivity contribution in [3.05, 3.63) is 27.4 Å². The molecular formula is C12H15BrClFN2O2S. The Bertz CT molecular complexity index is 580. The van der Waals surface area contributed by atoms with Gasteiger partial charge < -0.3 is 5.73 Å². The van der Waals surface area contributed by atoms with E-state index >= 15 is 0 Å². The Morgan fingerprint density at radius 3 is 2.45 bits per heavy atom. The van der Waals surface area contributed by atoms with Gasteiger partial charge in [-0.05, 0) is 53.7 Å². The minimum Gasteiger partial charge on any atom is -0.328 e. The second-order valence-corrected chi connectivity index (χ2v) is 7.84. The summed E-state index contributed by atoms with van der Waals surface area (Å²) in [7, 11) is -3.79. The van der Waals surface area contributed by atoms with Crippen molar-refractivity contribution in [3.8, 4) is 0 Å². The monoisotopic (exact) mass is 384 g/mol. The zero-order valence-corrected chi connectivity index (χ0v) is 13.7. The van der Waals surface area contributed by atoms with Crippen LogP contribution < -0.4 is 10.5 Å². The highest BCUT2D eigenvalue weighted by molar-refractivity contribution is 9.10. The highest BCUT2D eigenvalue weighted by Crippen LogP contribution is 2.31. The van der Waals surface area contributed by atoms with Gasteiger partial charge in [0.1, 0.15) is 10.7 Å². The third-order valence-corrected chi connectivity index (χ3v) is 6.24. The zero-order valence-electron chi connectivity index (χ0n) is 10.6. The van der Waals surface area contributed by atoms with Crippen LogP contribution in [0.3, 0.4) is 0 Å². The van der Waals surface area contributed by atoms with Crippen LogP contribution in [0.25, 0.3) is 0 Å². The van der Waals surface area contributed by atoms with Crippen LogP contribution >= 0.6 is 27.5 Å². The van der Waals surface area contributed by atoms with Crippen LogP contribution in [0.2, 0.25) is 5.02 Å². The zero-order chi connectivity index (χ0) is 14.9. The van der Waals surface area contributed by atoms with E-state index in [2.05, 4.69) is 20.7 Å². The summed E-state index contributed by atoms with van der Waals surface area (Å²) < 4.78 is 40.6. The Morgan fingerprint density at radius 1 is 1.30 bits per heavy atom. The highest BCUT2D eigenvalue weighted by Gasteiger charge is 2.27. The van der Waals surface area contributed by atoms with Crippen molar-refractivity contribution in [1.82, 2.24) is 4.72 Å². The fraction of sp³-hybridized carbons (Fsp3) is 0.500. The van der Waals surface area contributed by atoms with Crippen molar-refractivity contribution >= 4 is 37.6 Å². The summed E-state index contributed by atoms with van der Waals surface area (Å²) in [5, 5.41) is -0.142. The number of halogens is 3. The number of nitrogens with one attached hydrogen (secondary N) is 1. The van der Waals surface area contributed by atoms with Crippen molar-refractivity contribution in [2.75, 3.05) is 0 Å². The number of hydrogen-bond acceptors (Lipinski definition) is 3. The molecular weight excluding hydrogens is 371 g/mol. The van der Waals surface area contributed by atoms with Gasteiger partial charge in [-0.2, -0.15) is 0 Å². The molecule has 0 aliphatic heterocycles. The van der Waals surface area contributed by atoms with Gasteiger partial charge in [0.2, 0.25) is 10.0 Å². The van der Waals surface area contributed by atoms with Gasteiger partial charge in [-0.15, -0.1) is 0 Å². The van der Waals surface area contributed by atoms with Crippen LogP contribution in [-0.4, -0.2) is 20.5 Å². The first kappa shape index (κ1) is 16.2. The van der Waals surface area contributed by atoms with Gasteiger partial charge >= 0.3 is 0 Å². The number of rotatable bonds is 3. The van der Waals surface area contributed by atoms with Gasteiger partial charge in [-0.3, -0.25) is 0 Å². The standard InChI is InChI=1S/C12H15BrClFN2O2S/c13-10-5-7(15)6-11(14)12(10)20(18,19)17-9-3-1-8(16)2-4-9/h5-6,8-9,17H,1-4,16H2. The Labute approximate surface area is 131 Å². The molecule has 0 aromatic heterocycles. The van der Waals surface area contributed by atoms with Crippen molar-refractivity contribution in [1.29, 1.82) is 0 Å². The van der Waals surface area contributed by atoms with E-state index in [0.29, 0.717) is 12.8 Å². The maximum absolute atomic E-state index is 13.2. The lowest BCUT2D eigenvalue weighted by Gasteiger charge is -2.26. The van der Waals surface area contributed by atoms with Crippen LogP contribution in [0, 0.1) is 5.82 Å². The molecule has 112 valence electrons. The fourth-order valence-electron chi connectivity index (χ4n) is 2.30. The van der Waals surface area contributed by atoms with Crippen LogP contribution in [0.4, 0.5) is 4.39 Å². The maximum atomic E-state index is 13.2. The number of benzene rings is 1. The van der Waals surface area contributed by atoms with Crippen LogP contribution in [0.1, 0.15) is 25.7 Å². The molecule has 0 unspecified atom stereocenters. The number of nitrogens with two attached hydrogens (primary N) is 1. The molecule has 1 aliphatic carbocycles. The lowest BCUT2D eigenvalue weighted by atomic mass is 9.93. The van der Waals surface area contributed by atoms with Crippen molar-refractivity contribution < 1.29 is 12.8 Å². The van der Waals surface area contributed by atoms with Crippen LogP contribution in [0.5, 0.6) is 0 Å². The molecule has 1 saturated carbocycles. The molecule has 0 amide bonds. The first-order valence-electron chi connectivity index (χ1n) is 6.22. The van der Waals surface area contributed by atoms with E-state index in [1.807, 2.05) is 0 Å². The van der Waals surface area contributed by atoms with Crippen molar-refractivity contribution in [2.45, 2.75) is 42.7 Å². The number of hydrogen-bond donors (Lipinski definition) is 2. The molecule has 0 radical (unpaired) electrons. The van der Waals surface area contributed by atoms with Crippen molar-refractivity contribution in [3.63, 3.8) is 0 Å². The topological polar surface area (TPSA) is 72.2 Å². The minimum atomic E-state index is -3.79. The largest absolute Gasteiger partial charge is 0.328 e. The predicted molar refractivity (Wildman–Crippen MR) is 79.7 cm³/mol. The average molecular weight is 386 g/mol. The molecule has 2 rings (SSSR count). The third-order valence-electron chi connectivity index (χ3n) is 3.33. The molecule has 0 bridgehead atoms. The van der Waals surface area contributed by atoms with Crippen LogP contribution in [0.15, 0.2) is 21.5 Å². The predicted octanol–water partition coefficient (Wildman–Crippen LogP) is 2.79. The Hall–Kier alpha value is -0.210. The van der Waals surface area contributed by atoms with Gasteiger partial charge in [0, 0.05) is 16.6 Å². The number of sulfonamides is 1. The molecule has 20 heavy (non-hydrogen) atoms. The molecule has 0 heterocycles. The molecule has 1 aliphatic rings. The SMILES string of the molecule is NC1CCC(NS(=O)(=O)c2c(Cl)cc(F)cc2Br)CC1. The van der Waals surface area contributed by atoms with E-state index in [1.54, 1.807) is 0 Å². The fourth-order valence-corrected chi connectivity index (χ4v) is 5.42. The minimum absolute atomic E-state index is 0.113. The van der Waals surface area contributed by atoms with Gasteiger partial charge in [-0.25, -0.2) is 17.5 Å². The molecule has 1 aromatic carbocycles. The molecule has 1 fully saturated rings. The van der Waals surface area contributed by atoms with Crippen LogP contribution in [-0.2, 0) is 10.0 Å². The molecule has 4 nitrogen and oxygen atoms in total. The highest BCUT2D eigenvalue weighted by atomic mass is 79.9. The van der Waals surface area contributed by atoms with E-state index in [4.69, 9.17) is 17.3 Å². The second kappa shape index (κ2) is 6.27. The molecule has 8 heteroatoms. The summed E-state index contributed by atoms with van der Waals surface area (Å²) in [5.41, 5.74) is 5.79. The average Bonchev–Trinajstić information content (AvgIpc) is 2.30. The molecule has 1 aromatic rings. The van der Waals surface area contributed by atoms with Gasteiger partial charge in [0.05, 0.1) is 5.02 Å². The molecule has 3 N–H and O–H groups in total. The molecule has 0 spiro atoms. The lowest BCUT2D eigenvalue weighted by Crippen LogP contribution is -2.40. The summed E-state index contributed by atoms with van der Waals surface area (Å²) in [5.74, 6) is -0.593. The first-order valence-corrected chi connectivity index (χ1v) is 8.87.